The number of aromatic nitrogens is 3. The van der Waals surface area contributed by atoms with Crippen LogP contribution >= 0.6 is 0 Å². The summed E-state index contributed by atoms with van der Waals surface area (Å²) in [6.45, 7) is 2.30. The molecular weight excluding hydrogens is 290 g/mol. The summed E-state index contributed by atoms with van der Waals surface area (Å²) in [6.07, 6.45) is 4.76. The fourth-order valence-electron chi connectivity index (χ4n) is 2.36. The highest BCUT2D eigenvalue weighted by Crippen LogP contribution is 2.17. The van der Waals surface area contributed by atoms with Crippen LogP contribution in [0.4, 0.5) is 5.69 Å². The maximum absolute atomic E-state index is 12.4. The second-order valence-corrected chi connectivity index (χ2v) is 5.31. The summed E-state index contributed by atoms with van der Waals surface area (Å²) < 4.78 is 1.82. The first kappa shape index (κ1) is 14.7. The molecule has 0 aliphatic carbocycles. The second kappa shape index (κ2) is 6.28. The second-order valence-electron chi connectivity index (χ2n) is 5.31. The van der Waals surface area contributed by atoms with Crippen molar-refractivity contribution in [1.29, 1.82) is 5.26 Å². The molecule has 1 N–H and O–H groups in total. The van der Waals surface area contributed by atoms with Gasteiger partial charge in [0.25, 0.3) is 0 Å². The number of hydrogen-bond acceptors (Lipinski definition) is 4. The van der Waals surface area contributed by atoms with E-state index in [1.54, 1.807) is 18.5 Å². The predicted molar refractivity (Wildman–Crippen MR) is 86.5 cm³/mol. The Hall–Kier alpha value is -3.20. The highest BCUT2D eigenvalue weighted by molar-refractivity contribution is 5.93. The molecule has 0 saturated heterocycles. The molecule has 0 bridgehead atoms. The lowest BCUT2D eigenvalue weighted by atomic mass is 10.1. The number of carbonyl (C=O) groups is 1. The van der Waals surface area contributed by atoms with Crippen LogP contribution in [0.5, 0.6) is 0 Å². The van der Waals surface area contributed by atoms with Gasteiger partial charge < -0.3 is 5.32 Å². The van der Waals surface area contributed by atoms with Crippen LogP contribution in [0.1, 0.15) is 12.5 Å². The molecule has 1 amide bonds. The minimum atomic E-state index is -0.294. The number of nitrogens with zero attached hydrogens (tertiary/aromatic N) is 4. The lowest BCUT2D eigenvalue weighted by molar-refractivity contribution is -0.119. The number of benzene rings is 1. The van der Waals surface area contributed by atoms with Crippen LogP contribution in [0.2, 0.25) is 0 Å². The number of amides is 1. The minimum Gasteiger partial charge on any atom is -0.325 e. The maximum Gasteiger partial charge on any atom is 0.229 e. The number of nitriles is 1. The summed E-state index contributed by atoms with van der Waals surface area (Å²) in [5.41, 5.74) is 1.82. The molecule has 2 heterocycles. The number of nitrogens with one attached hydrogen (secondary N) is 1. The highest BCUT2D eigenvalue weighted by atomic mass is 16.1. The first-order chi connectivity index (χ1) is 11.2. The lowest BCUT2D eigenvalue weighted by Crippen LogP contribution is -2.25. The van der Waals surface area contributed by atoms with E-state index in [2.05, 4.69) is 15.4 Å². The van der Waals surface area contributed by atoms with Gasteiger partial charge in [-0.2, -0.15) is 10.4 Å². The number of carbonyl (C=O) groups excluding carboxylic acids is 1. The van der Waals surface area contributed by atoms with Gasteiger partial charge in [0.05, 0.1) is 35.4 Å². The van der Waals surface area contributed by atoms with Crippen LogP contribution in [-0.4, -0.2) is 20.7 Å². The van der Waals surface area contributed by atoms with Crippen LogP contribution in [0.25, 0.3) is 10.9 Å². The molecule has 1 atom stereocenters. The van der Waals surface area contributed by atoms with E-state index >= 15 is 0 Å². The van der Waals surface area contributed by atoms with Gasteiger partial charge in [0.15, 0.2) is 0 Å². The average Bonchev–Trinajstić information content (AvgIpc) is 2.98. The Balaban J connectivity index is 1.74. The zero-order valence-electron chi connectivity index (χ0n) is 12.6. The fourth-order valence-corrected chi connectivity index (χ4v) is 2.36. The SMILES string of the molecule is CC(Cn1ncc2ccccc21)C(=O)Nc1ccncc1C#N. The molecule has 0 spiro atoms. The molecule has 23 heavy (non-hydrogen) atoms. The Morgan fingerprint density at radius 1 is 1.35 bits per heavy atom. The molecule has 0 saturated carbocycles. The third-order valence-electron chi connectivity index (χ3n) is 3.64. The molecule has 0 radical (unpaired) electrons. The Morgan fingerprint density at radius 2 is 2.17 bits per heavy atom. The first-order valence-corrected chi connectivity index (χ1v) is 7.24. The van der Waals surface area contributed by atoms with Crippen molar-refractivity contribution in [2.75, 3.05) is 5.32 Å². The summed E-state index contributed by atoms with van der Waals surface area (Å²) in [5, 5.41) is 17.2. The smallest absolute Gasteiger partial charge is 0.229 e. The van der Waals surface area contributed by atoms with Crippen molar-refractivity contribution in [2.24, 2.45) is 5.92 Å². The van der Waals surface area contributed by atoms with Crippen LogP contribution in [0.3, 0.4) is 0 Å². The summed E-state index contributed by atoms with van der Waals surface area (Å²) in [4.78, 5) is 16.2. The Bertz CT molecular complexity index is 893. The van der Waals surface area contributed by atoms with Crippen LogP contribution in [-0.2, 0) is 11.3 Å². The van der Waals surface area contributed by atoms with Gasteiger partial charge in [0.2, 0.25) is 5.91 Å². The average molecular weight is 305 g/mol. The van der Waals surface area contributed by atoms with Gasteiger partial charge >= 0.3 is 0 Å². The van der Waals surface area contributed by atoms with E-state index in [1.165, 1.54) is 6.20 Å². The Morgan fingerprint density at radius 3 is 3.00 bits per heavy atom. The van der Waals surface area contributed by atoms with Gasteiger partial charge in [-0.3, -0.25) is 14.5 Å². The van der Waals surface area contributed by atoms with E-state index in [0.717, 1.165) is 10.9 Å². The van der Waals surface area contributed by atoms with Crippen molar-refractivity contribution in [3.8, 4) is 6.07 Å². The number of pyridine rings is 1. The standard InChI is InChI=1S/C17H15N5O/c1-12(11-22-16-5-3-2-4-13(16)10-20-22)17(23)21-15-6-7-19-9-14(15)8-18/h2-7,9-10,12H,11H2,1H3,(H,19,21,23). The van der Waals surface area contributed by atoms with E-state index < -0.39 is 0 Å². The van der Waals surface area contributed by atoms with Gasteiger partial charge in [-0.15, -0.1) is 0 Å². The molecule has 2 aromatic heterocycles. The molecular formula is C17H15N5O. The zero-order valence-corrected chi connectivity index (χ0v) is 12.6. The van der Waals surface area contributed by atoms with Crippen LogP contribution in [0.15, 0.2) is 48.9 Å². The van der Waals surface area contributed by atoms with E-state index in [4.69, 9.17) is 5.26 Å². The Kier molecular flexibility index (Phi) is 4.02. The molecule has 3 rings (SSSR count). The van der Waals surface area contributed by atoms with E-state index in [0.29, 0.717) is 17.8 Å². The van der Waals surface area contributed by atoms with Gasteiger partial charge in [-0.1, -0.05) is 25.1 Å². The fraction of sp³-hybridized carbons (Fsp3) is 0.176. The molecule has 0 fully saturated rings. The number of anilines is 1. The third kappa shape index (κ3) is 3.04. The lowest BCUT2D eigenvalue weighted by Gasteiger charge is -2.13. The summed E-state index contributed by atoms with van der Waals surface area (Å²) in [6, 6.07) is 11.5. The maximum atomic E-state index is 12.4. The minimum absolute atomic E-state index is 0.160. The molecule has 0 aliphatic rings. The van der Waals surface area contributed by atoms with Crippen molar-refractivity contribution in [3.63, 3.8) is 0 Å². The van der Waals surface area contributed by atoms with E-state index in [1.807, 2.05) is 41.9 Å². The normalized spacial score (nSPS) is 11.8. The topological polar surface area (TPSA) is 83.6 Å². The first-order valence-electron chi connectivity index (χ1n) is 7.24. The summed E-state index contributed by atoms with van der Waals surface area (Å²) >= 11 is 0. The van der Waals surface area contributed by atoms with Crippen molar-refractivity contribution in [1.82, 2.24) is 14.8 Å². The molecule has 1 aromatic carbocycles. The molecule has 6 nitrogen and oxygen atoms in total. The number of fused-ring (bicyclic) bond motifs is 1. The van der Waals surface area contributed by atoms with E-state index in [9.17, 15) is 4.79 Å². The summed E-state index contributed by atoms with van der Waals surface area (Å²) in [5.74, 6) is -0.453. The third-order valence-corrected chi connectivity index (χ3v) is 3.64. The Labute approximate surface area is 133 Å². The van der Waals surface area contributed by atoms with Crippen molar-refractivity contribution < 1.29 is 4.79 Å². The molecule has 3 aromatic rings. The van der Waals surface area contributed by atoms with Crippen LogP contribution in [0, 0.1) is 17.2 Å². The molecule has 1 unspecified atom stereocenters. The highest BCUT2D eigenvalue weighted by Gasteiger charge is 2.16. The molecule has 6 heteroatoms. The predicted octanol–water partition coefficient (Wildman–Crippen LogP) is 2.58. The van der Waals surface area contributed by atoms with E-state index in [-0.39, 0.29) is 11.8 Å². The van der Waals surface area contributed by atoms with Crippen molar-refractivity contribution >= 4 is 22.5 Å². The summed E-state index contributed by atoms with van der Waals surface area (Å²) in [7, 11) is 0. The quantitative estimate of drug-likeness (QED) is 0.803. The van der Waals surface area contributed by atoms with Crippen LogP contribution < -0.4 is 5.32 Å². The molecule has 114 valence electrons. The monoisotopic (exact) mass is 305 g/mol. The van der Waals surface area contributed by atoms with Gasteiger partial charge in [0.1, 0.15) is 6.07 Å². The van der Waals surface area contributed by atoms with Crippen molar-refractivity contribution in [2.45, 2.75) is 13.5 Å². The van der Waals surface area contributed by atoms with Crippen molar-refractivity contribution in [3.05, 3.63) is 54.5 Å². The largest absolute Gasteiger partial charge is 0.325 e. The van der Waals surface area contributed by atoms with Gasteiger partial charge in [-0.25, -0.2) is 0 Å². The zero-order chi connectivity index (χ0) is 16.2. The molecule has 0 aliphatic heterocycles. The number of para-hydroxylation sites is 1. The number of rotatable bonds is 4. The van der Waals surface area contributed by atoms with Gasteiger partial charge in [0, 0.05) is 17.8 Å². The van der Waals surface area contributed by atoms with Gasteiger partial charge in [-0.05, 0) is 12.1 Å². The number of hydrogen-bond donors (Lipinski definition) is 1.